The Balaban J connectivity index is 1.99. The van der Waals surface area contributed by atoms with Crippen molar-refractivity contribution in [1.82, 2.24) is 0 Å². The van der Waals surface area contributed by atoms with Gasteiger partial charge < -0.3 is 9.47 Å². The van der Waals surface area contributed by atoms with Gasteiger partial charge in [-0.3, -0.25) is 4.79 Å². The van der Waals surface area contributed by atoms with Gasteiger partial charge in [-0.15, -0.1) is 11.8 Å². The number of carbonyl (C=O) groups is 1. The van der Waals surface area contributed by atoms with Gasteiger partial charge in [0.05, 0.1) is 12.0 Å². The van der Waals surface area contributed by atoms with E-state index in [0.717, 1.165) is 23.5 Å². The number of hydrogen-bond donors (Lipinski definition) is 0. The van der Waals surface area contributed by atoms with Gasteiger partial charge in [-0.05, 0) is 49.7 Å². The highest BCUT2D eigenvalue weighted by Crippen LogP contribution is 2.37. The third kappa shape index (κ3) is 4.92. The summed E-state index contributed by atoms with van der Waals surface area (Å²) in [6.45, 7) is 8.63. The second-order valence-electron chi connectivity index (χ2n) is 7.21. The van der Waals surface area contributed by atoms with Crippen molar-refractivity contribution in [3.63, 3.8) is 0 Å². The molecule has 1 aliphatic carbocycles. The smallest absolute Gasteiger partial charge is 0.319 e. The number of thioether (sulfide) groups is 1. The van der Waals surface area contributed by atoms with Crippen molar-refractivity contribution in [1.29, 1.82) is 0 Å². The van der Waals surface area contributed by atoms with E-state index in [-0.39, 0.29) is 17.3 Å². The van der Waals surface area contributed by atoms with Crippen LogP contribution in [0, 0.1) is 17.8 Å². The van der Waals surface area contributed by atoms with Gasteiger partial charge in [0.25, 0.3) is 0 Å². The molecule has 24 heavy (non-hydrogen) atoms. The Bertz CT molecular complexity index is 543. The van der Waals surface area contributed by atoms with Crippen LogP contribution in [0.1, 0.15) is 47.0 Å². The third-order valence-corrected chi connectivity index (χ3v) is 6.07. The molecule has 0 N–H and O–H groups in total. The van der Waals surface area contributed by atoms with Gasteiger partial charge in [0.1, 0.15) is 17.1 Å². The second-order valence-corrected chi connectivity index (χ2v) is 8.60. The predicted octanol–water partition coefficient (Wildman–Crippen LogP) is 5.18. The van der Waals surface area contributed by atoms with Crippen LogP contribution in [0.25, 0.3) is 0 Å². The maximum atomic E-state index is 12.6. The number of para-hydroxylation sites is 1. The van der Waals surface area contributed by atoms with E-state index in [4.69, 9.17) is 9.47 Å². The highest BCUT2D eigenvalue weighted by Gasteiger charge is 2.34. The molecule has 0 amide bonds. The van der Waals surface area contributed by atoms with Crippen molar-refractivity contribution < 1.29 is 14.3 Å². The Hall–Kier alpha value is -1.16. The average Bonchev–Trinajstić information content (AvgIpc) is 2.55. The number of methoxy groups -OCH3 is 1. The Morgan fingerprint density at radius 2 is 1.92 bits per heavy atom. The molecule has 1 fully saturated rings. The zero-order valence-corrected chi connectivity index (χ0v) is 16.3. The minimum absolute atomic E-state index is 0.0574. The highest BCUT2D eigenvalue weighted by atomic mass is 32.2. The van der Waals surface area contributed by atoms with E-state index < -0.39 is 0 Å². The fourth-order valence-electron chi connectivity index (χ4n) is 3.45. The Morgan fingerprint density at radius 3 is 2.58 bits per heavy atom. The molecule has 1 aromatic rings. The van der Waals surface area contributed by atoms with E-state index in [1.165, 1.54) is 18.2 Å². The van der Waals surface area contributed by atoms with Crippen LogP contribution in [-0.2, 0) is 9.53 Å². The van der Waals surface area contributed by atoms with Gasteiger partial charge in [-0.25, -0.2) is 0 Å². The molecule has 1 aromatic carbocycles. The summed E-state index contributed by atoms with van der Waals surface area (Å²) in [7, 11) is 1.65. The lowest BCUT2D eigenvalue weighted by atomic mass is 9.75. The fraction of sp³-hybridized carbons (Fsp3) is 0.650. The summed E-state index contributed by atoms with van der Waals surface area (Å²) in [5.74, 6) is 2.35. The molecule has 1 saturated carbocycles. The zero-order chi connectivity index (χ0) is 17.7. The molecule has 0 aromatic heterocycles. The summed E-state index contributed by atoms with van der Waals surface area (Å²) in [5.41, 5.74) is 0. The van der Waals surface area contributed by atoms with Crippen LogP contribution in [-0.4, -0.2) is 24.4 Å². The summed E-state index contributed by atoms with van der Waals surface area (Å²) >= 11 is 1.50. The fourth-order valence-corrected chi connectivity index (χ4v) is 4.41. The molecule has 0 heterocycles. The highest BCUT2D eigenvalue weighted by molar-refractivity contribution is 8.00. The van der Waals surface area contributed by atoms with Gasteiger partial charge in [-0.1, -0.05) is 39.3 Å². The van der Waals surface area contributed by atoms with Crippen LogP contribution in [0.15, 0.2) is 29.2 Å². The molecule has 3 nitrogen and oxygen atoms in total. The van der Waals surface area contributed by atoms with Crippen LogP contribution in [0.5, 0.6) is 5.75 Å². The summed E-state index contributed by atoms with van der Waals surface area (Å²) in [5, 5.41) is -0.244. The van der Waals surface area contributed by atoms with Crippen molar-refractivity contribution in [2.24, 2.45) is 17.8 Å². The molecule has 0 spiro atoms. The van der Waals surface area contributed by atoms with Crippen molar-refractivity contribution in [3.8, 4) is 5.75 Å². The number of hydrogen-bond acceptors (Lipinski definition) is 4. The van der Waals surface area contributed by atoms with E-state index in [1.807, 2.05) is 31.2 Å². The van der Waals surface area contributed by atoms with E-state index in [1.54, 1.807) is 7.11 Å². The number of rotatable bonds is 6. The predicted molar refractivity (Wildman–Crippen MR) is 99.5 cm³/mol. The Kier molecular flexibility index (Phi) is 7.02. The molecule has 0 saturated heterocycles. The molecule has 0 radical (unpaired) electrons. The Morgan fingerprint density at radius 1 is 1.21 bits per heavy atom. The topological polar surface area (TPSA) is 35.5 Å². The molecule has 134 valence electrons. The molecule has 1 aliphatic rings. The normalized spacial score (nSPS) is 25.3. The van der Waals surface area contributed by atoms with Crippen LogP contribution in [0.2, 0.25) is 0 Å². The lowest BCUT2D eigenvalue weighted by molar-refractivity contribution is -0.154. The van der Waals surface area contributed by atoms with Gasteiger partial charge >= 0.3 is 5.97 Å². The number of ether oxygens (including phenoxy) is 2. The summed E-state index contributed by atoms with van der Waals surface area (Å²) in [4.78, 5) is 13.6. The van der Waals surface area contributed by atoms with E-state index >= 15 is 0 Å². The largest absolute Gasteiger partial charge is 0.496 e. The van der Waals surface area contributed by atoms with Crippen molar-refractivity contribution in [2.75, 3.05) is 7.11 Å². The quantitative estimate of drug-likeness (QED) is 0.523. The van der Waals surface area contributed by atoms with Gasteiger partial charge in [0, 0.05) is 0 Å². The number of benzene rings is 1. The van der Waals surface area contributed by atoms with Crippen LogP contribution in [0.4, 0.5) is 0 Å². The van der Waals surface area contributed by atoms with Crippen molar-refractivity contribution in [2.45, 2.75) is 63.2 Å². The van der Waals surface area contributed by atoms with E-state index in [9.17, 15) is 4.79 Å². The molecule has 0 aliphatic heterocycles. The van der Waals surface area contributed by atoms with Gasteiger partial charge in [0.2, 0.25) is 0 Å². The standard InChI is InChI=1S/C20H30O3S/c1-13(2)16-11-10-14(3)12-18(16)23-20(21)15(4)24-19-9-7-6-8-17(19)22-5/h6-9,13-16,18H,10-12H2,1-5H3/t14-,15?,16+,18-/m1/s1. The average molecular weight is 351 g/mol. The van der Waals surface area contributed by atoms with Crippen LogP contribution >= 0.6 is 11.8 Å². The maximum absolute atomic E-state index is 12.6. The lowest BCUT2D eigenvalue weighted by Crippen LogP contribution is -2.37. The first-order valence-corrected chi connectivity index (χ1v) is 9.80. The van der Waals surface area contributed by atoms with Gasteiger partial charge in [-0.2, -0.15) is 0 Å². The molecule has 1 unspecified atom stereocenters. The minimum Gasteiger partial charge on any atom is -0.496 e. The molecule has 0 bridgehead atoms. The molecule has 2 rings (SSSR count). The van der Waals surface area contributed by atoms with Crippen molar-refractivity contribution >= 4 is 17.7 Å². The van der Waals surface area contributed by atoms with Gasteiger partial charge in [0.15, 0.2) is 0 Å². The maximum Gasteiger partial charge on any atom is 0.319 e. The van der Waals surface area contributed by atoms with Crippen molar-refractivity contribution in [3.05, 3.63) is 24.3 Å². The molecular weight excluding hydrogens is 320 g/mol. The third-order valence-electron chi connectivity index (χ3n) is 4.93. The summed E-state index contributed by atoms with van der Waals surface area (Å²) < 4.78 is 11.3. The molecular formula is C20H30O3S. The first-order valence-electron chi connectivity index (χ1n) is 8.92. The van der Waals surface area contributed by atoms with E-state index in [2.05, 4.69) is 20.8 Å². The number of esters is 1. The second kappa shape index (κ2) is 8.80. The monoisotopic (exact) mass is 350 g/mol. The lowest BCUT2D eigenvalue weighted by Gasteiger charge is -2.37. The zero-order valence-electron chi connectivity index (χ0n) is 15.5. The Labute approximate surface area is 150 Å². The number of carbonyl (C=O) groups excluding carboxylic acids is 1. The summed E-state index contributed by atoms with van der Waals surface area (Å²) in [6.07, 6.45) is 3.44. The molecule has 4 heteroatoms. The SMILES string of the molecule is COc1ccccc1SC(C)C(=O)O[C@@H]1C[C@H](C)CC[C@H]1C(C)C. The first-order chi connectivity index (χ1) is 11.4. The first kappa shape index (κ1) is 19.2. The van der Waals surface area contributed by atoms with E-state index in [0.29, 0.717) is 17.8 Å². The summed E-state index contributed by atoms with van der Waals surface area (Å²) in [6, 6.07) is 7.79. The minimum atomic E-state index is -0.244. The van der Waals surface area contributed by atoms with Crippen LogP contribution in [0.3, 0.4) is 0 Å². The molecule has 4 atom stereocenters. The van der Waals surface area contributed by atoms with Crippen LogP contribution < -0.4 is 4.74 Å².